The average Bonchev–Trinajstić information content (AvgIpc) is 2.02. The summed E-state index contributed by atoms with van der Waals surface area (Å²) < 4.78 is 0. The SMILES string of the molecule is Cc1cccc2c1N=CC(C)(C)N2. The van der Waals surface area contributed by atoms with Gasteiger partial charge in [0, 0.05) is 6.21 Å². The van der Waals surface area contributed by atoms with E-state index in [2.05, 4.69) is 49.3 Å². The fourth-order valence-corrected chi connectivity index (χ4v) is 1.54. The van der Waals surface area contributed by atoms with Crippen LogP contribution in [0, 0.1) is 6.92 Å². The number of anilines is 1. The first kappa shape index (κ1) is 8.30. The first-order valence-electron chi connectivity index (χ1n) is 4.51. The van der Waals surface area contributed by atoms with Gasteiger partial charge in [0.15, 0.2) is 0 Å². The van der Waals surface area contributed by atoms with Crippen LogP contribution in [-0.4, -0.2) is 11.8 Å². The molecule has 0 saturated heterocycles. The van der Waals surface area contributed by atoms with Gasteiger partial charge in [-0.05, 0) is 32.4 Å². The first-order chi connectivity index (χ1) is 6.08. The summed E-state index contributed by atoms with van der Waals surface area (Å²) in [7, 11) is 0. The minimum Gasteiger partial charge on any atom is -0.373 e. The zero-order valence-electron chi connectivity index (χ0n) is 8.26. The largest absolute Gasteiger partial charge is 0.373 e. The molecule has 0 spiro atoms. The molecule has 0 atom stereocenters. The van der Waals surface area contributed by atoms with Crippen LogP contribution in [0.25, 0.3) is 0 Å². The van der Waals surface area contributed by atoms with E-state index in [-0.39, 0.29) is 5.54 Å². The fourth-order valence-electron chi connectivity index (χ4n) is 1.54. The van der Waals surface area contributed by atoms with E-state index in [4.69, 9.17) is 0 Å². The molecule has 1 aromatic rings. The Labute approximate surface area is 78.7 Å². The predicted octanol–water partition coefficient (Wildman–Crippen LogP) is 2.90. The highest BCUT2D eigenvalue weighted by Crippen LogP contribution is 2.33. The fraction of sp³-hybridized carbons (Fsp3) is 0.364. The number of nitrogens with zero attached hydrogens (tertiary/aromatic N) is 1. The number of rotatable bonds is 0. The molecule has 2 rings (SSSR count). The van der Waals surface area contributed by atoms with Gasteiger partial charge in [0.2, 0.25) is 0 Å². The van der Waals surface area contributed by atoms with Crippen LogP contribution in [0.4, 0.5) is 11.4 Å². The number of nitrogens with one attached hydrogen (secondary N) is 1. The van der Waals surface area contributed by atoms with Gasteiger partial charge in [-0.15, -0.1) is 0 Å². The first-order valence-corrected chi connectivity index (χ1v) is 4.51. The zero-order chi connectivity index (χ0) is 9.47. The van der Waals surface area contributed by atoms with Gasteiger partial charge in [-0.3, -0.25) is 4.99 Å². The Balaban J connectivity index is 2.53. The van der Waals surface area contributed by atoms with E-state index in [1.165, 1.54) is 5.56 Å². The molecule has 2 heteroatoms. The van der Waals surface area contributed by atoms with Crippen LogP contribution in [0.5, 0.6) is 0 Å². The van der Waals surface area contributed by atoms with Crippen molar-refractivity contribution in [3.63, 3.8) is 0 Å². The van der Waals surface area contributed by atoms with E-state index in [1.54, 1.807) is 0 Å². The predicted molar refractivity (Wildman–Crippen MR) is 57.0 cm³/mol. The lowest BCUT2D eigenvalue weighted by molar-refractivity contribution is 0.768. The van der Waals surface area contributed by atoms with Crippen molar-refractivity contribution in [2.24, 2.45) is 4.99 Å². The number of benzene rings is 1. The van der Waals surface area contributed by atoms with Crippen molar-refractivity contribution < 1.29 is 0 Å². The maximum atomic E-state index is 4.46. The van der Waals surface area contributed by atoms with Crippen LogP contribution < -0.4 is 5.32 Å². The molecular weight excluding hydrogens is 160 g/mol. The Morgan fingerprint density at radius 2 is 2.08 bits per heavy atom. The summed E-state index contributed by atoms with van der Waals surface area (Å²) in [6.07, 6.45) is 1.96. The Kier molecular flexibility index (Phi) is 1.65. The Hall–Kier alpha value is -1.31. The van der Waals surface area contributed by atoms with Crippen LogP contribution in [0.2, 0.25) is 0 Å². The lowest BCUT2D eigenvalue weighted by Crippen LogP contribution is -2.34. The molecular formula is C11H14N2. The van der Waals surface area contributed by atoms with Gasteiger partial charge in [0.05, 0.1) is 16.9 Å². The Morgan fingerprint density at radius 3 is 2.85 bits per heavy atom. The van der Waals surface area contributed by atoms with E-state index in [1.807, 2.05) is 6.21 Å². The molecule has 0 aromatic heterocycles. The Morgan fingerprint density at radius 1 is 1.31 bits per heavy atom. The van der Waals surface area contributed by atoms with Gasteiger partial charge in [0.25, 0.3) is 0 Å². The molecule has 0 saturated carbocycles. The van der Waals surface area contributed by atoms with Crippen LogP contribution in [0.15, 0.2) is 23.2 Å². The topological polar surface area (TPSA) is 24.4 Å². The maximum absolute atomic E-state index is 4.46. The van der Waals surface area contributed by atoms with E-state index in [0.717, 1.165) is 11.4 Å². The Bertz CT molecular complexity index is 364. The molecule has 0 aliphatic carbocycles. The highest BCUT2D eigenvalue weighted by atomic mass is 15.0. The monoisotopic (exact) mass is 174 g/mol. The molecule has 13 heavy (non-hydrogen) atoms. The van der Waals surface area contributed by atoms with Gasteiger partial charge in [-0.1, -0.05) is 12.1 Å². The summed E-state index contributed by atoms with van der Waals surface area (Å²) in [6.45, 7) is 6.31. The molecule has 1 aliphatic rings. The highest BCUT2D eigenvalue weighted by Gasteiger charge is 2.20. The second-order valence-corrected chi connectivity index (χ2v) is 4.08. The molecule has 1 aliphatic heterocycles. The minimum atomic E-state index is -0.0270. The number of aliphatic imine (C=N–C) groups is 1. The van der Waals surface area contributed by atoms with Crippen LogP contribution in [0.3, 0.4) is 0 Å². The zero-order valence-corrected chi connectivity index (χ0v) is 8.26. The number of aryl methyl sites for hydroxylation is 1. The lowest BCUT2D eigenvalue weighted by atomic mass is 10.0. The second-order valence-electron chi connectivity index (χ2n) is 4.08. The van der Waals surface area contributed by atoms with Gasteiger partial charge in [0.1, 0.15) is 0 Å². The summed E-state index contributed by atoms with van der Waals surface area (Å²) in [4.78, 5) is 4.46. The number of fused-ring (bicyclic) bond motifs is 1. The van der Waals surface area contributed by atoms with Crippen molar-refractivity contribution in [3.8, 4) is 0 Å². The van der Waals surface area contributed by atoms with E-state index in [9.17, 15) is 0 Å². The van der Waals surface area contributed by atoms with Crippen LogP contribution in [-0.2, 0) is 0 Å². The quantitative estimate of drug-likeness (QED) is 0.642. The number of hydrogen-bond donors (Lipinski definition) is 1. The van der Waals surface area contributed by atoms with Crippen molar-refractivity contribution in [3.05, 3.63) is 23.8 Å². The molecule has 0 bridgehead atoms. The van der Waals surface area contributed by atoms with Crippen molar-refractivity contribution in [2.45, 2.75) is 26.3 Å². The highest BCUT2D eigenvalue weighted by molar-refractivity contribution is 5.87. The molecule has 2 nitrogen and oxygen atoms in total. The minimum absolute atomic E-state index is 0.0270. The number of para-hydroxylation sites is 1. The van der Waals surface area contributed by atoms with Gasteiger partial charge >= 0.3 is 0 Å². The summed E-state index contributed by atoms with van der Waals surface area (Å²) in [6, 6.07) is 6.20. The van der Waals surface area contributed by atoms with Gasteiger partial charge in [-0.25, -0.2) is 0 Å². The molecule has 68 valence electrons. The molecule has 0 amide bonds. The molecule has 0 radical (unpaired) electrons. The third-order valence-electron chi connectivity index (χ3n) is 2.21. The maximum Gasteiger partial charge on any atom is 0.0887 e. The van der Waals surface area contributed by atoms with Gasteiger partial charge in [-0.2, -0.15) is 0 Å². The summed E-state index contributed by atoms with van der Waals surface area (Å²) >= 11 is 0. The van der Waals surface area contributed by atoms with Crippen molar-refractivity contribution in [2.75, 3.05) is 5.32 Å². The van der Waals surface area contributed by atoms with E-state index >= 15 is 0 Å². The lowest BCUT2D eigenvalue weighted by Gasteiger charge is -2.28. The smallest absolute Gasteiger partial charge is 0.0887 e. The number of hydrogen-bond acceptors (Lipinski definition) is 2. The standard InChI is InChI=1S/C11H14N2/c1-8-5-4-6-9-10(8)12-7-11(2,3)13-9/h4-7,13H,1-3H3. The average molecular weight is 174 g/mol. The summed E-state index contributed by atoms with van der Waals surface area (Å²) in [5.41, 5.74) is 3.40. The van der Waals surface area contributed by atoms with Crippen LogP contribution in [0.1, 0.15) is 19.4 Å². The third-order valence-corrected chi connectivity index (χ3v) is 2.21. The summed E-state index contributed by atoms with van der Waals surface area (Å²) in [5, 5.41) is 3.43. The van der Waals surface area contributed by atoms with Gasteiger partial charge < -0.3 is 5.32 Å². The summed E-state index contributed by atoms with van der Waals surface area (Å²) in [5.74, 6) is 0. The second kappa shape index (κ2) is 2.59. The molecule has 0 unspecified atom stereocenters. The van der Waals surface area contributed by atoms with Crippen molar-refractivity contribution in [1.82, 2.24) is 0 Å². The van der Waals surface area contributed by atoms with Crippen LogP contribution >= 0.6 is 0 Å². The molecule has 1 heterocycles. The molecule has 1 aromatic carbocycles. The normalized spacial score (nSPS) is 17.8. The van der Waals surface area contributed by atoms with E-state index < -0.39 is 0 Å². The third kappa shape index (κ3) is 1.44. The molecule has 0 fully saturated rings. The molecule has 1 N–H and O–H groups in total. The van der Waals surface area contributed by atoms with E-state index in [0.29, 0.717) is 0 Å². The van der Waals surface area contributed by atoms with Crippen molar-refractivity contribution >= 4 is 17.6 Å². The van der Waals surface area contributed by atoms with Crippen molar-refractivity contribution in [1.29, 1.82) is 0 Å².